The number of carbonyl (C=O) groups is 1. The van der Waals surface area contributed by atoms with Crippen LogP contribution in [0.2, 0.25) is 0 Å². The Labute approximate surface area is 108 Å². The van der Waals surface area contributed by atoms with Gasteiger partial charge in [0, 0.05) is 31.4 Å². The highest BCUT2D eigenvalue weighted by molar-refractivity contribution is 5.76. The van der Waals surface area contributed by atoms with Gasteiger partial charge in [0.1, 0.15) is 0 Å². The number of carbonyl (C=O) groups excluding carboxylic acids is 1. The van der Waals surface area contributed by atoms with E-state index in [-0.39, 0.29) is 5.91 Å². The number of pyridine rings is 1. The topological polar surface area (TPSA) is 53.4 Å². The minimum Gasteiger partial charge on any atom is -0.393 e. The van der Waals surface area contributed by atoms with E-state index in [4.69, 9.17) is 0 Å². The summed E-state index contributed by atoms with van der Waals surface area (Å²) < 4.78 is 0. The van der Waals surface area contributed by atoms with Crippen LogP contribution < -0.4 is 0 Å². The van der Waals surface area contributed by atoms with Crippen LogP contribution in [0.5, 0.6) is 0 Å². The number of nitrogens with zero attached hydrogens (tertiary/aromatic N) is 2. The van der Waals surface area contributed by atoms with E-state index >= 15 is 0 Å². The van der Waals surface area contributed by atoms with Crippen molar-refractivity contribution in [3.8, 4) is 0 Å². The molecule has 1 aliphatic carbocycles. The van der Waals surface area contributed by atoms with Crippen molar-refractivity contribution in [3.05, 3.63) is 30.1 Å². The van der Waals surface area contributed by atoms with Crippen LogP contribution in [-0.4, -0.2) is 33.0 Å². The summed E-state index contributed by atoms with van der Waals surface area (Å²) in [5.41, 5.74) is 1.06. The van der Waals surface area contributed by atoms with Crippen LogP contribution >= 0.6 is 0 Å². The van der Waals surface area contributed by atoms with Gasteiger partial charge in [0.05, 0.1) is 6.10 Å². The molecular formula is C14H20N2O2. The SMILES string of the molecule is CC(O)CCC(=O)N(Cc1cccnc1)C1CC1. The van der Waals surface area contributed by atoms with Gasteiger partial charge in [0.2, 0.25) is 5.91 Å². The van der Waals surface area contributed by atoms with Gasteiger partial charge in [-0.1, -0.05) is 6.07 Å². The number of aliphatic hydroxyl groups is 1. The van der Waals surface area contributed by atoms with E-state index in [9.17, 15) is 9.90 Å². The minimum atomic E-state index is -0.409. The molecule has 0 saturated heterocycles. The molecule has 0 spiro atoms. The maximum Gasteiger partial charge on any atom is 0.223 e. The lowest BCUT2D eigenvalue weighted by atomic mass is 10.2. The predicted octanol–water partition coefficient (Wildman–Crippen LogP) is 1.73. The summed E-state index contributed by atoms with van der Waals surface area (Å²) in [7, 11) is 0. The van der Waals surface area contributed by atoms with E-state index in [0.717, 1.165) is 18.4 Å². The fourth-order valence-corrected chi connectivity index (χ4v) is 1.97. The Hall–Kier alpha value is -1.42. The Morgan fingerprint density at radius 3 is 2.94 bits per heavy atom. The van der Waals surface area contributed by atoms with Crippen LogP contribution in [0, 0.1) is 0 Å². The van der Waals surface area contributed by atoms with Crippen molar-refractivity contribution in [2.75, 3.05) is 0 Å². The number of hydrogen-bond acceptors (Lipinski definition) is 3. The van der Waals surface area contributed by atoms with Gasteiger partial charge in [-0.3, -0.25) is 9.78 Å². The van der Waals surface area contributed by atoms with Gasteiger partial charge >= 0.3 is 0 Å². The lowest BCUT2D eigenvalue weighted by molar-refractivity contribution is -0.133. The molecule has 1 unspecified atom stereocenters. The van der Waals surface area contributed by atoms with E-state index in [1.54, 1.807) is 19.3 Å². The summed E-state index contributed by atoms with van der Waals surface area (Å²) in [6.07, 6.45) is 6.29. The molecule has 1 saturated carbocycles. The second-order valence-electron chi connectivity index (χ2n) is 5.00. The van der Waals surface area contributed by atoms with Gasteiger partial charge in [-0.05, 0) is 37.8 Å². The first kappa shape index (κ1) is 13.0. The number of aromatic nitrogens is 1. The van der Waals surface area contributed by atoms with E-state index < -0.39 is 6.10 Å². The monoisotopic (exact) mass is 248 g/mol. The molecule has 98 valence electrons. The zero-order valence-electron chi connectivity index (χ0n) is 10.7. The molecule has 1 aromatic heterocycles. The summed E-state index contributed by atoms with van der Waals surface area (Å²) in [4.78, 5) is 18.1. The maximum atomic E-state index is 12.1. The van der Waals surface area contributed by atoms with Crippen molar-refractivity contribution < 1.29 is 9.90 Å². The van der Waals surface area contributed by atoms with Gasteiger partial charge in [-0.2, -0.15) is 0 Å². The quantitative estimate of drug-likeness (QED) is 0.834. The van der Waals surface area contributed by atoms with Crippen molar-refractivity contribution in [2.45, 2.75) is 51.3 Å². The van der Waals surface area contributed by atoms with Gasteiger partial charge < -0.3 is 10.0 Å². The molecule has 2 rings (SSSR count). The number of aliphatic hydroxyl groups excluding tert-OH is 1. The third-order valence-corrected chi connectivity index (χ3v) is 3.16. The maximum absolute atomic E-state index is 12.1. The zero-order valence-corrected chi connectivity index (χ0v) is 10.7. The molecule has 1 fully saturated rings. The molecule has 1 aliphatic rings. The highest BCUT2D eigenvalue weighted by Gasteiger charge is 2.32. The predicted molar refractivity (Wildman–Crippen MR) is 68.7 cm³/mol. The van der Waals surface area contributed by atoms with Gasteiger partial charge in [-0.15, -0.1) is 0 Å². The smallest absolute Gasteiger partial charge is 0.223 e. The van der Waals surface area contributed by atoms with E-state index in [1.165, 1.54) is 0 Å². The average Bonchev–Trinajstić information content (AvgIpc) is 3.18. The first-order chi connectivity index (χ1) is 8.66. The highest BCUT2D eigenvalue weighted by atomic mass is 16.3. The molecule has 0 radical (unpaired) electrons. The third-order valence-electron chi connectivity index (χ3n) is 3.16. The fraction of sp³-hybridized carbons (Fsp3) is 0.571. The molecule has 18 heavy (non-hydrogen) atoms. The number of rotatable bonds is 6. The molecule has 4 nitrogen and oxygen atoms in total. The molecule has 4 heteroatoms. The standard InChI is InChI=1S/C14H20N2O2/c1-11(17)4-7-14(18)16(13-5-6-13)10-12-3-2-8-15-9-12/h2-3,8-9,11,13,17H,4-7,10H2,1H3. The van der Waals surface area contributed by atoms with Crippen LogP contribution in [0.1, 0.15) is 38.2 Å². The van der Waals surface area contributed by atoms with Crippen LogP contribution in [0.25, 0.3) is 0 Å². The molecular weight excluding hydrogens is 228 g/mol. The molecule has 1 heterocycles. The molecule has 1 N–H and O–H groups in total. The molecule has 0 aromatic carbocycles. The number of amides is 1. The molecule has 1 amide bonds. The van der Waals surface area contributed by atoms with Crippen molar-refractivity contribution in [1.82, 2.24) is 9.88 Å². The third kappa shape index (κ3) is 3.81. The largest absolute Gasteiger partial charge is 0.393 e. The Balaban J connectivity index is 1.94. The molecule has 1 atom stereocenters. The lowest BCUT2D eigenvalue weighted by Crippen LogP contribution is -2.32. The van der Waals surface area contributed by atoms with Crippen LogP contribution in [0.15, 0.2) is 24.5 Å². The first-order valence-corrected chi connectivity index (χ1v) is 6.53. The summed E-state index contributed by atoms with van der Waals surface area (Å²) in [5, 5.41) is 9.25. The van der Waals surface area contributed by atoms with Crippen LogP contribution in [0.3, 0.4) is 0 Å². The van der Waals surface area contributed by atoms with Crippen molar-refractivity contribution in [1.29, 1.82) is 0 Å². The van der Waals surface area contributed by atoms with E-state index in [1.807, 2.05) is 17.0 Å². The fourth-order valence-electron chi connectivity index (χ4n) is 1.97. The minimum absolute atomic E-state index is 0.141. The Kier molecular flexibility index (Phi) is 4.31. The van der Waals surface area contributed by atoms with Crippen molar-refractivity contribution >= 4 is 5.91 Å². The van der Waals surface area contributed by atoms with Gasteiger partial charge in [0.25, 0.3) is 0 Å². The average molecular weight is 248 g/mol. The zero-order chi connectivity index (χ0) is 13.0. The highest BCUT2D eigenvalue weighted by Crippen LogP contribution is 2.29. The Morgan fingerprint density at radius 2 is 2.39 bits per heavy atom. The van der Waals surface area contributed by atoms with Gasteiger partial charge in [-0.25, -0.2) is 0 Å². The van der Waals surface area contributed by atoms with Crippen LogP contribution in [0.4, 0.5) is 0 Å². The second-order valence-corrected chi connectivity index (χ2v) is 5.00. The normalized spacial score (nSPS) is 16.3. The first-order valence-electron chi connectivity index (χ1n) is 6.53. The van der Waals surface area contributed by atoms with E-state index in [0.29, 0.717) is 25.4 Å². The van der Waals surface area contributed by atoms with Crippen LogP contribution in [-0.2, 0) is 11.3 Å². The molecule has 0 bridgehead atoms. The lowest BCUT2D eigenvalue weighted by Gasteiger charge is -2.22. The Morgan fingerprint density at radius 1 is 1.61 bits per heavy atom. The Bertz CT molecular complexity index is 388. The number of hydrogen-bond donors (Lipinski definition) is 1. The summed E-state index contributed by atoms with van der Waals surface area (Å²) in [6.45, 7) is 2.35. The molecule has 1 aromatic rings. The summed E-state index contributed by atoms with van der Waals surface area (Å²) in [5.74, 6) is 0.141. The molecule has 0 aliphatic heterocycles. The van der Waals surface area contributed by atoms with Crippen molar-refractivity contribution in [3.63, 3.8) is 0 Å². The van der Waals surface area contributed by atoms with Gasteiger partial charge in [0.15, 0.2) is 0 Å². The second kappa shape index (κ2) is 5.96. The summed E-state index contributed by atoms with van der Waals surface area (Å²) in [6, 6.07) is 4.28. The van der Waals surface area contributed by atoms with E-state index in [2.05, 4.69) is 4.98 Å². The summed E-state index contributed by atoms with van der Waals surface area (Å²) >= 11 is 0. The van der Waals surface area contributed by atoms with Crippen molar-refractivity contribution in [2.24, 2.45) is 0 Å².